The van der Waals surface area contributed by atoms with Gasteiger partial charge in [0, 0.05) is 19.2 Å². The zero-order valence-corrected chi connectivity index (χ0v) is 17.5. The summed E-state index contributed by atoms with van der Waals surface area (Å²) < 4.78 is 17.2. The highest BCUT2D eigenvalue weighted by atomic mass is 16.5. The average molecular weight is 408 g/mol. The third-order valence-corrected chi connectivity index (χ3v) is 4.82. The predicted molar refractivity (Wildman–Crippen MR) is 119 cm³/mol. The van der Waals surface area contributed by atoms with Crippen LogP contribution in [0.2, 0.25) is 0 Å². The second-order valence-electron chi connectivity index (χ2n) is 7.06. The standard InChI is InChI=1S/C25H29NO4/c1-3-28-24-19-21(10-12-25(27)26-15-13-20(2)14-16-26)9-11-23(24)30-18-17-29-22-7-5-4-6-8-22/h4-12,19H,2-3,13-18H2,1H3/b12-10+. The molecule has 0 unspecified atom stereocenters. The lowest BCUT2D eigenvalue weighted by molar-refractivity contribution is -0.126. The molecule has 1 fully saturated rings. The first-order chi connectivity index (χ1) is 14.7. The number of nitrogens with zero attached hydrogens (tertiary/aromatic N) is 1. The maximum atomic E-state index is 12.4. The Morgan fingerprint density at radius 3 is 2.47 bits per heavy atom. The molecule has 0 saturated carbocycles. The van der Waals surface area contributed by atoms with Gasteiger partial charge in [-0.25, -0.2) is 0 Å². The van der Waals surface area contributed by atoms with Gasteiger partial charge in [0.15, 0.2) is 11.5 Å². The number of carbonyl (C=O) groups excluding carboxylic acids is 1. The molecule has 1 aliphatic rings. The fourth-order valence-electron chi connectivity index (χ4n) is 3.16. The molecular weight excluding hydrogens is 378 g/mol. The van der Waals surface area contributed by atoms with Crippen molar-refractivity contribution >= 4 is 12.0 Å². The largest absolute Gasteiger partial charge is 0.490 e. The smallest absolute Gasteiger partial charge is 0.246 e. The highest BCUT2D eigenvalue weighted by Gasteiger charge is 2.15. The number of hydrogen-bond acceptors (Lipinski definition) is 4. The first kappa shape index (κ1) is 21.5. The van der Waals surface area contributed by atoms with Crippen LogP contribution in [0.3, 0.4) is 0 Å². The average Bonchev–Trinajstić information content (AvgIpc) is 2.77. The number of likely N-dealkylation sites (tertiary alicyclic amines) is 1. The molecule has 1 amide bonds. The highest BCUT2D eigenvalue weighted by Crippen LogP contribution is 2.29. The lowest BCUT2D eigenvalue weighted by Gasteiger charge is -2.26. The fourth-order valence-corrected chi connectivity index (χ4v) is 3.16. The number of hydrogen-bond donors (Lipinski definition) is 0. The van der Waals surface area contributed by atoms with Crippen molar-refractivity contribution in [1.29, 1.82) is 0 Å². The molecule has 0 spiro atoms. The summed E-state index contributed by atoms with van der Waals surface area (Å²) in [6.07, 6.45) is 5.20. The number of ether oxygens (including phenoxy) is 3. The first-order valence-electron chi connectivity index (χ1n) is 10.4. The third-order valence-electron chi connectivity index (χ3n) is 4.82. The van der Waals surface area contributed by atoms with E-state index in [-0.39, 0.29) is 5.91 Å². The van der Waals surface area contributed by atoms with Crippen LogP contribution in [0.1, 0.15) is 25.3 Å². The molecule has 0 atom stereocenters. The van der Waals surface area contributed by atoms with Gasteiger partial charge in [-0.3, -0.25) is 4.79 Å². The Balaban J connectivity index is 1.55. The summed E-state index contributed by atoms with van der Waals surface area (Å²) in [5.41, 5.74) is 2.11. The summed E-state index contributed by atoms with van der Waals surface area (Å²) >= 11 is 0. The van der Waals surface area contributed by atoms with Gasteiger partial charge in [-0.1, -0.05) is 36.4 Å². The van der Waals surface area contributed by atoms with Crippen molar-refractivity contribution in [3.05, 3.63) is 72.3 Å². The quantitative estimate of drug-likeness (QED) is 0.342. The van der Waals surface area contributed by atoms with Crippen molar-refractivity contribution in [2.75, 3.05) is 32.9 Å². The number of benzene rings is 2. The van der Waals surface area contributed by atoms with Crippen molar-refractivity contribution in [3.63, 3.8) is 0 Å². The van der Waals surface area contributed by atoms with E-state index in [1.54, 1.807) is 6.08 Å². The topological polar surface area (TPSA) is 48.0 Å². The van der Waals surface area contributed by atoms with Crippen LogP contribution < -0.4 is 14.2 Å². The summed E-state index contributed by atoms with van der Waals surface area (Å²) in [7, 11) is 0. The van der Waals surface area contributed by atoms with Gasteiger partial charge in [-0.05, 0) is 55.7 Å². The number of amides is 1. The Kier molecular flexibility index (Phi) is 7.95. The van der Waals surface area contributed by atoms with Gasteiger partial charge in [0.1, 0.15) is 19.0 Å². The van der Waals surface area contributed by atoms with Crippen molar-refractivity contribution < 1.29 is 19.0 Å². The zero-order valence-electron chi connectivity index (χ0n) is 17.5. The van der Waals surface area contributed by atoms with E-state index in [4.69, 9.17) is 14.2 Å². The minimum atomic E-state index is 0.0267. The van der Waals surface area contributed by atoms with Crippen molar-refractivity contribution in [2.45, 2.75) is 19.8 Å². The van der Waals surface area contributed by atoms with E-state index in [9.17, 15) is 4.79 Å². The molecular formula is C25H29NO4. The van der Waals surface area contributed by atoms with Crippen molar-refractivity contribution in [1.82, 2.24) is 4.90 Å². The van der Waals surface area contributed by atoms with Crippen LogP contribution in [0, 0.1) is 0 Å². The van der Waals surface area contributed by atoms with Crippen LogP contribution in [0.4, 0.5) is 0 Å². The Morgan fingerprint density at radius 2 is 1.73 bits per heavy atom. The minimum Gasteiger partial charge on any atom is -0.490 e. The van der Waals surface area contributed by atoms with Crippen LogP contribution in [0.5, 0.6) is 17.2 Å². The molecule has 3 rings (SSSR count). The summed E-state index contributed by atoms with van der Waals surface area (Å²) in [6, 6.07) is 15.3. The van der Waals surface area contributed by atoms with Crippen LogP contribution in [-0.4, -0.2) is 43.7 Å². The number of para-hydroxylation sites is 1. The molecule has 1 aliphatic heterocycles. The SMILES string of the molecule is C=C1CCN(C(=O)/C=C/c2ccc(OCCOc3ccccc3)c(OCC)c2)CC1. The molecule has 5 heteroatoms. The van der Waals surface area contributed by atoms with Crippen LogP contribution >= 0.6 is 0 Å². The first-order valence-corrected chi connectivity index (χ1v) is 10.4. The summed E-state index contributed by atoms with van der Waals surface area (Å²) in [4.78, 5) is 14.2. The molecule has 1 heterocycles. The van der Waals surface area contributed by atoms with E-state index in [1.807, 2.05) is 66.4 Å². The Bertz CT molecular complexity index is 866. The van der Waals surface area contributed by atoms with Crippen molar-refractivity contribution in [2.24, 2.45) is 0 Å². The highest BCUT2D eigenvalue weighted by molar-refractivity contribution is 5.92. The third kappa shape index (κ3) is 6.41. The Hall–Kier alpha value is -3.21. The maximum absolute atomic E-state index is 12.4. The van der Waals surface area contributed by atoms with Crippen LogP contribution in [0.15, 0.2) is 66.8 Å². The van der Waals surface area contributed by atoms with Crippen LogP contribution in [0.25, 0.3) is 6.08 Å². The molecule has 1 saturated heterocycles. The van der Waals surface area contributed by atoms with E-state index in [0.717, 1.165) is 37.2 Å². The maximum Gasteiger partial charge on any atom is 0.246 e. The monoisotopic (exact) mass is 407 g/mol. The molecule has 2 aromatic rings. The second-order valence-corrected chi connectivity index (χ2v) is 7.06. The molecule has 2 aromatic carbocycles. The zero-order chi connectivity index (χ0) is 21.2. The van der Waals surface area contributed by atoms with Gasteiger partial charge in [0.05, 0.1) is 6.61 Å². The molecule has 158 valence electrons. The minimum absolute atomic E-state index is 0.0267. The molecule has 30 heavy (non-hydrogen) atoms. The van der Waals surface area contributed by atoms with Gasteiger partial charge in [0.25, 0.3) is 0 Å². The van der Waals surface area contributed by atoms with Gasteiger partial charge < -0.3 is 19.1 Å². The normalized spacial score (nSPS) is 14.0. The van der Waals surface area contributed by atoms with E-state index in [0.29, 0.717) is 31.3 Å². The molecule has 0 radical (unpaired) electrons. The van der Waals surface area contributed by atoms with Crippen LogP contribution in [-0.2, 0) is 4.79 Å². The molecule has 5 nitrogen and oxygen atoms in total. The summed E-state index contributed by atoms with van der Waals surface area (Å²) in [6.45, 7) is 8.77. The lowest BCUT2D eigenvalue weighted by atomic mass is 10.1. The Labute approximate surface area is 178 Å². The van der Waals surface area contributed by atoms with E-state index in [1.165, 1.54) is 5.57 Å². The summed E-state index contributed by atoms with van der Waals surface area (Å²) in [5, 5.41) is 0. The van der Waals surface area contributed by atoms with Gasteiger partial charge in [-0.2, -0.15) is 0 Å². The lowest BCUT2D eigenvalue weighted by Crippen LogP contribution is -2.34. The molecule has 0 aromatic heterocycles. The number of carbonyl (C=O) groups is 1. The van der Waals surface area contributed by atoms with E-state index >= 15 is 0 Å². The fraction of sp³-hybridized carbons (Fsp3) is 0.320. The molecule has 0 N–H and O–H groups in total. The predicted octanol–water partition coefficient (Wildman–Crippen LogP) is 4.73. The van der Waals surface area contributed by atoms with E-state index in [2.05, 4.69) is 6.58 Å². The van der Waals surface area contributed by atoms with Gasteiger partial charge in [-0.15, -0.1) is 0 Å². The summed E-state index contributed by atoms with van der Waals surface area (Å²) in [5.74, 6) is 2.15. The number of rotatable bonds is 9. The molecule has 0 bridgehead atoms. The van der Waals surface area contributed by atoms with E-state index < -0.39 is 0 Å². The Morgan fingerprint density at radius 1 is 1.00 bits per heavy atom. The number of piperidine rings is 1. The second kappa shape index (κ2) is 11.1. The molecule has 0 aliphatic carbocycles. The van der Waals surface area contributed by atoms with Gasteiger partial charge in [0.2, 0.25) is 5.91 Å². The van der Waals surface area contributed by atoms with Gasteiger partial charge >= 0.3 is 0 Å². The van der Waals surface area contributed by atoms with Crippen molar-refractivity contribution in [3.8, 4) is 17.2 Å².